The molecule has 0 bridgehead atoms. The predicted molar refractivity (Wildman–Crippen MR) is 122 cm³/mol. The van der Waals surface area contributed by atoms with Crippen molar-refractivity contribution in [3.63, 3.8) is 0 Å². The first-order valence-electron chi connectivity index (χ1n) is 9.71. The second-order valence-electron chi connectivity index (χ2n) is 7.13. The highest BCUT2D eigenvalue weighted by molar-refractivity contribution is 5.92. The van der Waals surface area contributed by atoms with E-state index >= 15 is 0 Å². The van der Waals surface area contributed by atoms with Crippen LogP contribution >= 0.6 is 0 Å². The molecule has 7 nitrogen and oxygen atoms in total. The second-order valence-corrected chi connectivity index (χ2v) is 7.13. The molecule has 0 fully saturated rings. The molecule has 5 aromatic rings. The van der Waals surface area contributed by atoms with Crippen molar-refractivity contribution < 1.29 is 9.49 Å². The molecule has 0 atom stereocenters. The number of nitro groups is 1. The molecule has 0 saturated carbocycles. The van der Waals surface area contributed by atoms with E-state index in [4.69, 9.17) is 10.7 Å². The number of nitro benzene ring substituents is 1. The van der Waals surface area contributed by atoms with Crippen LogP contribution in [0.5, 0.6) is 0 Å². The van der Waals surface area contributed by atoms with Gasteiger partial charge in [-0.1, -0.05) is 24.3 Å². The molecule has 0 amide bonds. The number of aromatic nitrogens is 2. The van der Waals surface area contributed by atoms with Crippen LogP contribution in [0.25, 0.3) is 27.8 Å². The van der Waals surface area contributed by atoms with Gasteiger partial charge in [-0.05, 0) is 36.4 Å². The van der Waals surface area contributed by atoms with Crippen molar-refractivity contribution in [2.45, 2.75) is 0 Å². The molecule has 1 heterocycles. The maximum absolute atomic E-state index is 11.1. The number of hydrogen-bond acceptors (Lipinski definition) is 5. The van der Waals surface area contributed by atoms with Crippen LogP contribution in [0.1, 0.15) is 0 Å². The third-order valence-electron chi connectivity index (χ3n) is 5.09. The van der Waals surface area contributed by atoms with Crippen LogP contribution < -0.4 is 15.6 Å². The molecular weight excluding hydrogens is 390 g/mol. The van der Waals surface area contributed by atoms with Crippen LogP contribution in [-0.2, 0) is 0 Å². The summed E-state index contributed by atoms with van der Waals surface area (Å²) in [6.45, 7) is 0. The van der Waals surface area contributed by atoms with Gasteiger partial charge >= 0.3 is 0 Å². The largest absolute Gasteiger partial charge is 0.399 e. The van der Waals surface area contributed by atoms with Crippen molar-refractivity contribution in [1.82, 2.24) is 4.98 Å². The van der Waals surface area contributed by atoms with E-state index in [1.54, 1.807) is 12.1 Å². The number of nitrogens with zero attached hydrogens (tertiary/aromatic N) is 3. The molecule has 7 heteroatoms. The first-order chi connectivity index (χ1) is 15.1. The van der Waals surface area contributed by atoms with Crippen LogP contribution in [0.4, 0.5) is 22.7 Å². The maximum atomic E-state index is 11.1. The van der Waals surface area contributed by atoms with E-state index in [1.807, 2.05) is 71.3 Å². The third-order valence-corrected chi connectivity index (χ3v) is 5.09. The number of non-ortho nitro benzene ring substituents is 1. The Kier molecular flexibility index (Phi) is 4.41. The third kappa shape index (κ3) is 3.38. The van der Waals surface area contributed by atoms with Crippen molar-refractivity contribution in [3.05, 3.63) is 101 Å². The van der Waals surface area contributed by atoms with Gasteiger partial charge in [0.1, 0.15) is 16.7 Å². The van der Waals surface area contributed by atoms with Crippen LogP contribution in [0.15, 0.2) is 91.0 Å². The summed E-state index contributed by atoms with van der Waals surface area (Å²) >= 11 is 0. The van der Waals surface area contributed by atoms with Crippen molar-refractivity contribution in [3.8, 4) is 5.69 Å². The first kappa shape index (κ1) is 18.5. The molecule has 0 radical (unpaired) electrons. The standard InChI is InChI=1S/C24H17N5O2/c25-16-9-14-20-23(15-16)28(18-10-12-19(13-11-18)29(30)31)24-21(7-4-8-22(24)27-20)26-17-5-2-1-3-6-17/h1-15,25-26H/p+1. The number of nitrogens with one attached hydrogen (secondary N) is 1. The molecular formula is C24H18N5O2+. The lowest BCUT2D eigenvalue weighted by Gasteiger charge is -2.11. The monoisotopic (exact) mass is 408 g/mol. The zero-order valence-electron chi connectivity index (χ0n) is 16.4. The van der Waals surface area contributed by atoms with Crippen molar-refractivity contribution >= 4 is 44.8 Å². The van der Waals surface area contributed by atoms with Crippen molar-refractivity contribution in [1.29, 1.82) is 0 Å². The molecule has 5 rings (SSSR count). The lowest BCUT2D eigenvalue weighted by atomic mass is 10.1. The number of anilines is 3. The van der Waals surface area contributed by atoms with Gasteiger partial charge in [0.15, 0.2) is 0 Å². The Morgan fingerprint density at radius 1 is 0.871 bits per heavy atom. The van der Waals surface area contributed by atoms with Crippen LogP contribution in [0, 0.1) is 10.1 Å². The average Bonchev–Trinajstić information content (AvgIpc) is 2.79. The number of benzene rings is 4. The predicted octanol–water partition coefficient (Wildman–Crippen LogP) is 4.90. The summed E-state index contributed by atoms with van der Waals surface area (Å²) in [5.41, 5.74) is 12.5. The minimum absolute atomic E-state index is 0.0363. The molecule has 0 aliphatic rings. The Balaban J connectivity index is 1.84. The molecule has 0 aliphatic carbocycles. The Bertz CT molecular complexity index is 1430. The van der Waals surface area contributed by atoms with E-state index < -0.39 is 4.92 Å². The minimum Gasteiger partial charge on any atom is -0.399 e. The highest BCUT2D eigenvalue weighted by Crippen LogP contribution is 2.27. The summed E-state index contributed by atoms with van der Waals surface area (Å²) in [6.07, 6.45) is 0. The fraction of sp³-hybridized carbons (Fsp3) is 0. The molecule has 0 saturated heterocycles. The molecule has 31 heavy (non-hydrogen) atoms. The highest BCUT2D eigenvalue weighted by Gasteiger charge is 2.23. The summed E-state index contributed by atoms with van der Waals surface area (Å²) in [5.74, 6) is 0. The Morgan fingerprint density at radius 2 is 1.65 bits per heavy atom. The normalized spacial score (nSPS) is 11.0. The van der Waals surface area contributed by atoms with Crippen LogP contribution in [0.3, 0.4) is 0 Å². The molecule has 0 aliphatic heterocycles. The van der Waals surface area contributed by atoms with E-state index in [9.17, 15) is 10.1 Å². The molecule has 3 N–H and O–H groups in total. The maximum Gasteiger partial charge on any atom is 0.269 e. The Morgan fingerprint density at radius 3 is 2.39 bits per heavy atom. The van der Waals surface area contributed by atoms with Gasteiger partial charge in [0, 0.05) is 41.7 Å². The zero-order valence-corrected chi connectivity index (χ0v) is 16.4. The summed E-state index contributed by atoms with van der Waals surface area (Å²) < 4.78 is 2.03. The molecule has 150 valence electrons. The number of nitrogen functional groups attached to an aromatic ring is 1. The van der Waals surface area contributed by atoms with Crippen molar-refractivity contribution in [2.24, 2.45) is 0 Å². The number of nitrogens with two attached hydrogens (primary N) is 1. The smallest absolute Gasteiger partial charge is 0.269 e. The van der Waals surface area contributed by atoms with Crippen LogP contribution in [0.2, 0.25) is 0 Å². The SMILES string of the molecule is Nc1ccc2nc3cccc(Nc4ccccc4)c3[n+](-c3ccc([N+](=O)[O-])cc3)c2c1. The fourth-order valence-corrected chi connectivity index (χ4v) is 3.69. The van der Waals surface area contributed by atoms with Crippen molar-refractivity contribution in [2.75, 3.05) is 11.1 Å². The van der Waals surface area contributed by atoms with Gasteiger partial charge in [0.25, 0.3) is 11.2 Å². The van der Waals surface area contributed by atoms with E-state index in [0.29, 0.717) is 5.69 Å². The van der Waals surface area contributed by atoms with E-state index in [2.05, 4.69) is 5.32 Å². The summed E-state index contributed by atoms with van der Waals surface area (Å²) in [4.78, 5) is 15.6. The van der Waals surface area contributed by atoms with E-state index in [-0.39, 0.29) is 5.69 Å². The van der Waals surface area contributed by atoms with Gasteiger partial charge in [-0.2, -0.15) is 0 Å². The van der Waals surface area contributed by atoms with E-state index in [0.717, 1.165) is 39.1 Å². The molecule has 4 aromatic carbocycles. The molecule has 0 spiro atoms. The first-order valence-corrected chi connectivity index (χ1v) is 9.71. The lowest BCUT2D eigenvalue weighted by molar-refractivity contribution is -0.537. The number of fused-ring (bicyclic) bond motifs is 2. The van der Waals surface area contributed by atoms with E-state index in [1.165, 1.54) is 12.1 Å². The Hall–Kier alpha value is -4.52. The molecule has 1 aromatic heterocycles. The van der Waals surface area contributed by atoms with Gasteiger partial charge < -0.3 is 11.1 Å². The number of para-hydroxylation sites is 2. The zero-order chi connectivity index (χ0) is 21.4. The average molecular weight is 408 g/mol. The van der Waals surface area contributed by atoms with Gasteiger partial charge in [0.05, 0.1) is 4.92 Å². The van der Waals surface area contributed by atoms with Gasteiger partial charge in [0.2, 0.25) is 11.2 Å². The molecule has 0 unspecified atom stereocenters. The number of hydrogen-bond donors (Lipinski definition) is 2. The van der Waals surface area contributed by atoms with Gasteiger partial charge in [-0.15, -0.1) is 4.57 Å². The van der Waals surface area contributed by atoms with Crippen LogP contribution in [-0.4, -0.2) is 9.91 Å². The second kappa shape index (κ2) is 7.38. The highest BCUT2D eigenvalue weighted by atomic mass is 16.6. The summed E-state index contributed by atoms with van der Waals surface area (Å²) in [7, 11) is 0. The summed E-state index contributed by atoms with van der Waals surface area (Å²) in [5, 5.41) is 14.6. The van der Waals surface area contributed by atoms with Gasteiger partial charge in [-0.25, -0.2) is 4.98 Å². The lowest BCUT2D eigenvalue weighted by Crippen LogP contribution is -2.34. The quantitative estimate of drug-likeness (QED) is 0.145. The number of rotatable bonds is 4. The fourth-order valence-electron chi connectivity index (χ4n) is 3.69. The topological polar surface area (TPSA) is 98.0 Å². The summed E-state index contributed by atoms with van der Waals surface area (Å²) in [6, 6.07) is 27.8. The minimum atomic E-state index is -0.405. The van der Waals surface area contributed by atoms with Gasteiger partial charge in [-0.3, -0.25) is 10.1 Å². The Labute approximate surface area is 177 Å².